The lowest BCUT2D eigenvalue weighted by Gasteiger charge is -2.44. The van der Waals surface area contributed by atoms with Gasteiger partial charge in [0.05, 0.1) is 12.7 Å². The van der Waals surface area contributed by atoms with Crippen LogP contribution in [0.3, 0.4) is 0 Å². The van der Waals surface area contributed by atoms with E-state index in [1.165, 1.54) is 21.8 Å². The van der Waals surface area contributed by atoms with E-state index in [0.717, 1.165) is 12.7 Å². The second-order valence-corrected chi connectivity index (χ2v) is 19.5. The third-order valence-corrected chi connectivity index (χ3v) is 11.8. The van der Waals surface area contributed by atoms with E-state index >= 15 is 0 Å². The summed E-state index contributed by atoms with van der Waals surface area (Å²) < 4.78 is 39.1. The van der Waals surface area contributed by atoms with E-state index in [2.05, 4.69) is 42.2 Å². The molecule has 25 nitrogen and oxygen atoms in total. The molecule has 0 spiro atoms. The molecule has 2 unspecified atom stereocenters. The lowest BCUT2D eigenvalue weighted by Crippen LogP contribution is -2.36. The van der Waals surface area contributed by atoms with E-state index in [4.69, 9.17) is 68.1 Å². The summed E-state index contributed by atoms with van der Waals surface area (Å²) in [6.45, 7) is -3.21. The molecule has 4 aromatic rings. The SMILES string of the molecule is Nc1ncnc2c1ncn2[C@@H]1O[C@H](CO[P+]([O-])([S-])OCC(CO[P+]([O-])([S-])OC[C@H]2O[C@@H](n3cnc4c(N)ncnc43)[C@H](O)[C@@H]2O)O[P+]([O-])([O-])[S-])[C@@H](O)[C@H]1O. The van der Waals surface area contributed by atoms with Gasteiger partial charge < -0.3 is 97.7 Å². The Morgan fingerprint density at radius 3 is 1.46 bits per heavy atom. The molecule has 4 aromatic heterocycles. The van der Waals surface area contributed by atoms with Gasteiger partial charge in [-0.3, -0.25) is 13.7 Å². The van der Waals surface area contributed by atoms with Crippen molar-refractivity contribution in [3.8, 4) is 0 Å². The maximum Gasteiger partial charge on any atom is 0.167 e. The summed E-state index contributed by atoms with van der Waals surface area (Å²) in [5, 5.41) is 42.4. The van der Waals surface area contributed by atoms with Crippen LogP contribution in [0.5, 0.6) is 0 Å². The van der Waals surface area contributed by atoms with Gasteiger partial charge >= 0.3 is 0 Å². The summed E-state index contributed by atoms with van der Waals surface area (Å²) in [6.07, 6.45) is -8.21. The zero-order valence-electron chi connectivity index (χ0n) is 26.9. The van der Waals surface area contributed by atoms with Crippen molar-refractivity contribution >= 4 is 92.1 Å². The van der Waals surface area contributed by atoms with Crippen molar-refractivity contribution in [2.24, 2.45) is 0 Å². The Balaban J connectivity index is 1.00. The molecule has 8 N–H and O–H groups in total. The standard InChI is InChI=1S/C23H33N10O15P3S3/c24-18-12-20(28-5-26-18)32(7-30-12)22-16(36)14(34)10(46-22)3-44-50(40,53)42-1-9(48-49(38,39)52)2-43-51(41,54)45-4-11-15(35)17(37)23(47-11)33-8-31-13-19(25)27-6-29-21(13)33/h5-11,14-17,22-23,34-37H,1-4H2,(H,40,53)(H,41,54)(H2,24,26,28)(H2,25,27,29)(H2,38,39,52)/p-4/t9?,10-,11-,14-,15-,16-,17-,22-,23-,50?,51?/m1/s1. The molecule has 31 heteroatoms. The third kappa shape index (κ3) is 9.58. The molecule has 0 amide bonds. The topological polar surface area (TPSA) is 377 Å². The van der Waals surface area contributed by atoms with Crippen LogP contribution in [-0.2, 0) is 68.8 Å². The molecule has 2 saturated heterocycles. The smallest absolute Gasteiger partial charge is 0.167 e. The maximum atomic E-state index is 12.9. The number of nitrogens with two attached hydrogens (primary N) is 2. The molecule has 10 atom stereocenters. The van der Waals surface area contributed by atoms with Crippen LogP contribution in [0, 0.1) is 0 Å². The molecular formula is C23H29N10O15P3S3-4. The molecule has 0 aliphatic carbocycles. The predicted molar refractivity (Wildman–Crippen MR) is 183 cm³/mol. The highest BCUT2D eigenvalue weighted by molar-refractivity contribution is 8.35. The summed E-state index contributed by atoms with van der Waals surface area (Å²) in [5.41, 5.74) is 12.4. The van der Waals surface area contributed by atoms with Crippen molar-refractivity contribution in [2.45, 2.75) is 55.2 Å². The fraction of sp³-hybridized carbons (Fsp3) is 0.565. The van der Waals surface area contributed by atoms with Crippen molar-refractivity contribution in [1.82, 2.24) is 39.0 Å². The van der Waals surface area contributed by atoms with Gasteiger partial charge in [0.2, 0.25) is 0 Å². The first kappa shape index (κ1) is 42.1. The van der Waals surface area contributed by atoms with Crippen LogP contribution in [0.15, 0.2) is 25.3 Å². The van der Waals surface area contributed by atoms with Gasteiger partial charge in [0.1, 0.15) is 101 Å². The zero-order valence-corrected chi connectivity index (χ0v) is 32.0. The summed E-state index contributed by atoms with van der Waals surface area (Å²) in [4.78, 5) is 73.3. The Kier molecular flexibility index (Phi) is 13.0. The van der Waals surface area contributed by atoms with Gasteiger partial charge in [-0.15, -0.1) is 0 Å². The molecular weight excluding hydrogens is 845 g/mol. The minimum Gasteiger partial charge on any atom is -0.676 e. The number of imidazole rings is 2. The van der Waals surface area contributed by atoms with Gasteiger partial charge in [0.25, 0.3) is 0 Å². The van der Waals surface area contributed by atoms with Gasteiger partial charge in [-0.25, -0.2) is 48.0 Å². The van der Waals surface area contributed by atoms with Gasteiger partial charge in [0, 0.05) is 0 Å². The number of hydrogen-bond donors (Lipinski definition) is 6. The highest BCUT2D eigenvalue weighted by atomic mass is 32.7. The molecule has 0 saturated carbocycles. The zero-order chi connectivity index (χ0) is 39.2. The largest absolute Gasteiger partial charge is 0.676 e. The number of ether oxygens (including phenoxy) is 2. The van der Waals surface area contributed by atoms with Crippen molar-refractivity contribution in [3.63, 3.8) is 0 Å². The minimum atomic E-state index is -4.95. The van der Waals surface area contributed by atoms with Crippen LogP contribution in [0.1, 0.15) is 12.5 Å². The van der Waals surface area contributed by atoms with Gasteiger partial charge in [-0.05, 0) is 0 Å². The monoisotopic (exact) mass is 874 g/mol. The van der Waals surface area contributed by atoms with Crippen molar-refractivity contribution in [1.29, 1.82) is 0 Å². The number of aliphatic hydroxyl groups excluding tert-OH is 4. The second-order valence-electron chi connectivity index (χ2n) is 11.5. The fourth-order valence-electron chi connectivity index (χ4n) is 5.35. The molecule has 2 fully saturated rings. The third-order valence-electron chi connectivity index (χ3n) is 7.91. The van der Waals surface area contributed by atoms with Crippen LogP contribution in [0.4, 0.5) is 11.6 Å². The minimum absolute atomic E-state index is 0.0628. The van der Waals surface area contributed by atoms with Crippen molar-refractivity contribution in [3.05, 3.63) is 25.3 Å². The second kappa shape index (κ2) is 16.7. The van der Waals surface area contributed by atoms with E-state index < -0.39 is 103 Å². The number of fused-ring (bicyclic) bond motifs is 2. The highest BCUT2D eigenvalue weighted by Gasteiger charge is 2.47. The molecule has 2 aliphatic rings. The predicted octanol–water partition coefficient (Wildman–Crippen LogP) is -5.36. The Morgan fingerprint density at radius 1 is 0.667 bits per heavy atom. The van der Waals surface area contributed by atoms with E-state index in [9.17, 15) is 40.0 Å². The normalized spacial score (nSPS) is 29.2. The van der Waals surface area contributed by atoms with Crippen LogP contribution < -0.4 is 31.0 Å². The Morgan fingerprint density at radius 2 is 1.07 bits per heavy atom. The van der Waals surface area contributed by atoms with Crippen LogP contribution in [0.2, 0.25) is 0 Å². The van der Waals surface area contributed by atoms with E-state index in [1.807, 2.05) is 0 Å². The molecule has 0 radical (unpaired) electrons. The lowest BCUT2D eigenvalue weighted by molar-refractivity contribution is -0.329. The molecule has 54 heavy (non-hydrogen) atoms. The number of nitrogens with zero attached hydrogens (tertiary/aromatic N) is 8. The molecule has 298 valence electrons. The maximum absolute atomic E-state index is 12.9. The summed E-state index contributed by atoms with van der Waals surface area (Å²) in [7, 11) is -14.0. The lowest BCUT2D eigenvalue weighted by atomic mass is 10.1. The van der Waals surface area contributed by atoms with E-state index in [1.54, 1.807) is 0 Å². The fourth-order valence-corrected chi connectivity index (χ4v) is 8.44. The first-order valence-electron chi connectivity index (χ1n) is 15.1. The Bertz CT molecular complexity index is 1790. The quantitative estimate of drug-likeness (QED) is 0.0452. The molecule has 0 aromatic carbocycles. The molecule has 0 bridgehead atoms. The van der Waals surface area contributed by atoms with Gasteiger partial charge in [-0.2, -0.15) is 0 Å². The van der Waals surface area contributed by atoms with E-state index in [0.29, 0.717) is 0 Å². The number of aromatic nitrogens is 8. The summed E-state index contributed by atoms with van der Waals surface area (Å²) in [5.74, 6) is 0.126. The molecule has 6 rings (SSSR count). The summed E-state index contributed by atoms with van der Waals surface area (Å²) in [6, 6.07) is 0. The Labute approximate surface area is 320 Å². The van der Waals surface area contributed by atoms with Crippen molar-refractivity contribution in [2.75, 3.05) is 37.9 Å². The Hall–Kier alpha value is -1.56. The molecule has 6 heterocycles. The van der Waals surface area contributed by atoms with Crippen LogP contribution in [-0.4, -0.2) is 129 Å². The van der Waals surface area contributed by atoms with Crippen LogP contribution in [0.25, 0.3) is 22.3 Å². The van der Waals surface area contributed by atoms with Gasteiger partial charge in [0.15, 0.2) is 41.5 Å². The first-order valence-corrected chi connectivity index (χ1v) is 22.8. The number of hydrogen-bond acceptors (Lipinski definition) is 26. The van der Waals surface area contributed by atoms with Gasteiger partial charge in [-0.1, -0.05) is 7.15 Å². The first-order chi connectivity index (χ1) is 25.3. The number of aliphatic hydroxyl groups is 4. The van der Waals surface area contributed by atoms with Crippen molar-refractivity contribution < 1.29 is 72.1 Å². The number of anilines is 2. The number of nitrogen functional groups attached to an aromatic ring is 2. The van der Waals surface area contributed by atoms with E-state index in [-0.39, 0.29) is 34.0 Å². The highest BCUT2D eigenvalue weighted by Crippen LogP contribution is 2.53. The molecule has 2 aliphatic heterocycles. The average Bonchev–Trinajstić information content (AvgIpc) is 3.86. The van der Waals surface area contributed by atoms with Crippen LogP contribution >= 0.6 is 21.4 Å². The number of rotatable bonds is 16. The summed E-state index contributed by atoms with van der Waals surface area (Å²) >= 11 is 14.0. The average molecular weight is 875 g/mol.